The fraction of sp³-hybridized carbons (Fsp3) is 0.316. The van der Waals surface area contributed by atoms with E-state index in [0.717, 1.165) is 5.56 Å². The van der Waals surface area contributed by atoms with E-state index in [1.807, 2.05) is 43.3 Å². The molecular formula is C19H23NO3. The van der Waals surface area contributed by atoms with E-state index in [9.17, 15) is 4.79 Å². The highest BCUT2D eigenvalue weighted by Gasteiger charge is 2.14. The summed E-state index contributed by atoms with van der Waals surface area (Å²) in [5, 5.41) is 2.91. The van der Waals surface area contributed by atoms with E-state index in [1.54, 1.807) is 13.2 Å². The Morgan fingerprint density at radius 2 is 1.87 bits per heavy atom. The smallest absolute Gasteiger partial charge is 0.259 e. The van der Waals surface area contributed by atoms with Crippen LogP contribution in [0, 0.1) is 12.8 Å². The van der Waals surface area contributed by atoms with Crippen molar-refractivity contribution in [2.24, 2.45) is 5.92 Å². The van der Waals surface area contributed by atoms with Gasteiger partial charge in [-0.1, -0.05) is 37.6 Å². The molecule has 122 valence electrons. The first-order valence-electron chi connectivity index (χ1n) is 7.69. The number of benzene rings is 2. The van der Waals surface area contributed by atoms with Crippen molar-refractivity contribution in [3.05, 3.63) is 53.6 Å². The number of aryl methyl sites for hydroxylation is 1. The van der Waals surface area contributed by atoms with Crippen molar-refractivity contribution < 1.29 is 14.3 Å². The molecule has 0 bridgehead atoms. The number of hydrogen-bond acceptors (Lipinski definition) is 3. The van der Waals surface area contributed by atoms with Crippen LogP contribution in [0.2, 0.25) is 0 Å². The van der Waals surface area contributed by atoms with Gasteiger partial charge in [-0.15, -0.1) is 0 Å². The number of rotatable bonds is 6. The maximum absolute atomic E-state index is 12.6. The van der Waals surface area contributed by atoms with Crippen LogP contribution in [-0.4, -0.2) is 19.6 Å². The molecule has 4 heteroatoms. The van der Waals surface area contributed by atoms with Gasteiger partial charge in [-0.25, -0.2) is 0 Å². The molecule has 23 heavy (non-hydrogen) atoms. The lowest BCUT2D eigenvalue weighted by molar-refractivity contribution is 0.102. The van der Waals surface area contributed by atoms with Crippen molar-refractivity contribution >= 4 is 11.6 Å². The molecule has 0 aliphatic heterocycles. The molecule has 2 rings (SSSR count). The van der Waals surface area contributed by atoms with E-state index in [-0.39, 0.29) is 5.91 Å². The first kappa shape index (κ1) is 16.9. The van der Waals surface area contributed by atoms with Gasteiger partial charge in [0, 0.05) is 0 Å². The van der Waals surface area contributed by atoms with Gasteiger partial charge < -0.3 is 14.8 Å². The third kappa shape index (κ3) is 4.49. The van der Waals surface area contributed by atoms with E-state index in [1.165, 1.54) is 0 Å². The fourth-order valence-electron chi connectivity index (χ4n) is 2.14. The predicted octanol–water partition coefficient (Wildman–Crippen LogP) is 4.29. The molecule has 4 nitrogen and oxygen atoms in total. The van der Waals surface area contributed by atoms with Crippen molar-refractivity contribution in [1.82, 2.24) is 0 Å². The fourth-order valence-corrected chi connectivity index (χ4v) is 2.14. The van der Waals surface area contributed by atoms with Crippen LogP contribution in [0.1, 0.15) is 29.8 Å². The second kappa shape index (κ2) is 7.68. The van der Waals surface area contributed by atoms with Crippen molar-refractivity contribution in [3.63, 3.8) is 0 Å². The Morgan fingerprint density at radius 1 is 1.13 bits per heavy atom. The summed E-state index contributed by atoms with van der Waals surface area (Å²) in [6, 6.07) is 13.0. The van der Waals surface area contributed by atoms with Gasteiger partial charge in [0.25, 0.3) is 5.91 Å². The highest BCUT2D eigenvalue weighted by molar-refractivity contribution is 6.07. The summed E-state index contributed by atoms with van der Waals surface area (Å²) in [6.45, 7) is 6.70. The van der Waals surface area contributed by atoms with E-state index in [4.69, 9.17) is 9.47 Å². The Morgan fingerprint density at radius 3 is 2.57 bits per heavy atom. The number of nitrogens with one attached hydrogen (secondary N) is 1. The molecular weight excluding hydrogens is 290 g/mol. The van der Waals surface area contributed by atoms with Crippen molar-refractivity contribution in [2.45, 2.75) is 20.8 Å². The Kier molecular flexibility index (Phi) is 5.63. The van der Waals surface area contributed by atoms with Gasteiger partial charge in [0.05, 0.1) is 25.0 Å². The number of carbonyl (C=O) groups is 1. The number of carbonyl (C=O) groups excluding carboxylic acids is 1. The lowest BCUT2D eigenvalue weighted by Gasteiger charge is -2.15. The average molecular weight is 313 g/mol. The number of ether oxygens (including phenoxy) is 2. The molecule has 0 atom stereocenters. The van der Waals surface area contributed by atoms with Crippen LogP contribution in [0.15, 0.2) is 42.5 Å². The minimum absolute atomic E-state index is 0.217. The van der Waals surface area contributed by atoms with Gasteiger partial charge in [0.15, 0.2) is 0 Å². The summed E-state index contributed by atoms with van der Waals surface area (Å²) in [7, 11) is 1.56. The van der Waals surface area contributed by atoms with E-state index < -0.39 is 0 Å². The highest BCUT2D eigenvalue weighted by atomic mass is 16.5. The molecule has 0 aliphatic carbocycles. The molecule has 1 N–H and O–H groups in total. The van der Waals surface area contributed by atoms with E-state index in [0.29, 0.717) is 35.3 Å². The number of anilines is 1. The normalized spacial score (nSPS) is 10.5. The van der Waals surface area contributed by atoms with Gasteiger partial charge >= 0.3 is 0 Å². The van der Waals surface area contributed by atoms with E-state index >= 15 is 0 Å². The lowest BCUT2D eigenvalue weighted by Crippen LogP contribution is -2.15. The summed E-state index contributed by atoms with van der Waals surface area (Å²) in [5.74, 6) is 1.41. The highest BCUT2D eigenvalue weighted by Crippen LogP contribution is 2.27. The third-order valence-electron chi connectivity index (χ3n) is 3.31. The molecule has 0 saturated heterocycles. The van der Waals surface area contributed by atoms with Gasteiger partial charge in [-0.05, 0) is 37.1 Å². The molecule has 1 amide bonds. The quantitative estimate of drug-likeness (QED) is 0.865. The number of para-hydroxylation sites is 2. The minimum Gasteiger partial charge on any atom is -0.496 e. The van der Waals surface area contributed by atoms with Crippen LogP contribution in [0.25, 0.3) is 0 Å². The molecule has 0 aliphatic rings. The lowest BCUT2D eigenvalue weighted by atomic mass is 10.1. The summed E-state index contributed by atoms with van der Waals surface area (Å²) in [4.78, 5) is 12.6. The Hall–Kier alpha value is -2.49. The first-order valence-corrected chi connectivity index (χ1v) is 7.69. The van der Waals surface area contributed by atoms with Crippen LogP contribution in [-0.2, 0) is 0 Å². The number of amides is 1. The molecule has 2 aromatic rings. The molecule has 0 unspecified atom stereocenters. The van der Waals surface area contributed by atoms with Crippen LogP contribution >= 0.6 is 0 Å². The minimum atomic E-state index is -0.217. The van der Waals surface area contributed by atoms with Gasteiger partial charge in [-0.2, -0.15) is 0 Å². The zero-order valence-electron chi connectivity index (χ0n) is 14.1. The summed E-state index contributed by atoms with van der Waals surface area (Å²) < 4.78 is 11.0. The molecule has 0 aromatic heterocycles. The molecule has 0 radical (unpaired) electrons. The van der Waals surface area contributed by atoms with E-state index in [2.05, 4.69) is 19.2 Å². The second-order valence-corrected chi connectivity index (χ2v) is 5.86. The average Bonchev–Trinajstić information content (AvgIpc) is 2.53. The van der Waals surface area contributed by atoms with Crippen LogP contribution < -0.4 is 14.8 Å². The SMILES string of the molecule is COc1ccc(C)cc1C(=O)Nc1ccccc1OCC(C)C. The van der Waals surface area contributed by atoms with Crippen LogP contribution in [0.4, 0.5) is 5.69 Å². The molecule has 0 fully saturated rings. The maximum Gasteiger partial charge on any atom is 0.259 e. The molecule has 0 spiro atoms. The van der Waals surface area contributed by atoms with Crippen molar-refractivity contribution in [3.8, 4) is 11.5 Å². The van der Waals surface area contributed by atoms with Gasteiger partial charge in [-0.3, -0.25) is 4.79 Å². The largest absolute Gasteiger partial charge is 0.496 e. The molecule has 0 heterocycles. The zero-order valence-corrected chi connectivity index (χ0v) is 14.1. The monoisotopic (exact) mass is 313 g/mol. The molecule has 2 aromatic carbocycles. The van der Waals surface area contributed by atoms with Crippen LogP contribution in [0.3, 0.4) is 0 Å². The molecule has 0 saturated carbocycles. The van der Waals surface area contributed by atoms with Crippen molar-refractivity contribution in [1.29, 1.82) is 0 Å². The first-order chi connectivity index (χ1) is 11.0. The Bertz CT molecular complexity index is 680. The second-order valence-electron chi connectivity index (χ2n) is 5.86. The standard InChI is InChI=1S/C19H23NO3/c1-13(2)12-23-18-8-6-5-7-16(18)20-19(21)15-11-14(3)9-10-17(15)22-4/h5-11,13H,12H2,1-4H3,(H,20,21). The summed E-state index contributed by atoms with van der Waals surface area (Å²) in [5.41, 5.74) is 2.16. The number of methoxy groups -OCH3 is 1. The maximum atomic E-state index is 12.6. The van der Waals surface area contributed by atoms with Gasteiger partial charge in [0.2, 0.25) is 0 Å². The zero-order chi connectivity index (χ0) is 16.8. The Labute approximate surface area is 137 Å². The Balaban J connectivity index is 2.22. The summed E-state index contributed by atoms with van der Waals surface area (Å²) >= 11 is 0. The predicted molar refractivity (Wildman–Crippen MR) is 92.5 cm³/mol. The summed E-state index contributed by atoms with van der Waals surface area (Å²) in [6.07, 6.45) is 0. The third-order valence-corrected chi connectivity index (χ3v) is 3.31. The van der Waals surface area contributed by atoms with Gasteiger partial charge in [0.1, 0.15) is 11.5 Å². The number of hydrogen-bond donors (Lipinski definition) is 1. The van der Waals surface area contributed by atoms with Crippen LogP contribution in [0.5, 0.6) is 11.5 Å². The topological polar surface area (TPSA) is 47.6 Å². The van der Waals surface area contributed by atoms with Crippen molar-refractivity contribution in [2.75, 3.05) is 19.0 Å².